The second kappa shape index (κ2) is 3.64. The van der Waals surface area contributed by atoms with E-state index < -0.39 is 11.7 Å². The van der Waals surface area contributed by atoms with Gasteiger partial charge >= 0.3 is 6.18 Å². The molecular formula is C10H9F3. The van der Waals surface area contributed by atoms with E-state index >= 15 is 0 Å². The van der Waals surface area contributed by atoms with Crippen LogP contribution < -0.4 is 0 Å². The minimum Gasteiger partial charge on any atom is -0.166 e. The van der Waals surface area contributed by atoms with Crippen LogP contribution in [-0.4, -0.2) is 6.18 Å². The van der Waals surface area contributed by atoms with Crippen molar-refractivity contribution in [3.05, 3.63) is 41.5 Å². The average Bonchev–Trinajstić information content (AvgIpc) is 2.04. The molecule has 0 fully saturated rings. The lowest BCUT2D eigenvalue weighted by Gasteiger charge is -2.05. The predicted molar refractivity (Wildman–Crippen MR) is 46.1 cm³/mol. The van der Waals surface area contributed by atoms with Crippen LogP contribution in [0.2, 0.25) is 0 Å². The highest BCUT2D eigenvalue weighted by atomic mass is 19.4. The summed E-state index contributed by atoms with van der Waals surface area (Å²) in [6, 6.07) is 8.44. The van der Waals surface area contributed by atoms with Crippen molar-refractivity contribution in [2.24, 2.45) is 0 Å². The Hall–Kier alpha value is -1.25. The zero-order valence-corrected chi connectivity index (χ0v) is 7.10. The number of hydrogen-bond donors (Lipinski definition) is 0. The molecule has 1 rings (SSSR count). The Morgan fingerprint density at radius 1 is 1.15 bits per heavy atom. The summed E-state index contributed by atoms with van der Waals surface area (Å²) < 4.78 is 36.2. The van der Waals surface area contributed by atoms with Crippen molar-refractivity contribution in [2.45, 2.75) is 13.1 Å². The molecule has 0 heterocycles. The minimum atomic E-state index is -4.23. The van der Waals surface area contributed by atoms with Crippen LogP contribution in [0.3, 0.4) is 0 Å². The predicted octanol–water partition coefficient (Wildman–Crippen LogP) is 3.65. The van der Waals surface area contributed by atoms with Gasteiger partial charge in [-0.15, -0.1) is 0 Å². The SMILES string of the molecule is C/C(=C\c1ccccc1)C(F)(F)F. The molecule has 0 saturated carbocycles. The summed E-state index contributed by atoms with van der Waals surface area (Å²) in [7, 11) is 0. The second-order valence-electron chi connectivity index (χ2n) is 2.74. The number of benzene rings is 1. The van der Waals surface area contributed by atoms with Gasteiger partial charge in [-0.25, -0.2) is 0 Å². The molecule has 0 unspecified atom stereocenters. The van der Waals surface area contributed by atoms with E-state index in [1.807, 2.05) is 0 Å². The Kier molecular flexibility index (Phi) is 2.76. The van der Waals surface area contributed by atoms with Crippen LogP contribution in [0, 0.1) is 0 Å². The van der Waals surface area contributed by atoms with Crippen LogP contribution in [0.5, 0.6) is 0 Å². The number of hydrogen-bond acceptors (Lipinski definition) is 0. The van der Waals surface area contributed by atoms with Crippen molar-refractivity contribution in [2.75, 3.05) is 0 Å². The zero-order valence-electron chi connectivity index (χ0n) is 7.10. The molecule has 0 amide bonds. The molecule has 3 heteroatoms. The Balaban J connectivity index is 2.90. The first-order valence-corrected chi connectivity index (χ1v) is 3.80. The van der Waals surface area contributed by atoms with Gasteiger partial charge in [0.1, 0.15) is 0 Å². The summed E-state index contributed by atoms with van der Waals surface area (Å²) in [6.07, 6.45) is -3.10. The summed E-state index contributed by atoms with van der Waals surface area (Å²) in [5.74, 6) is 0. The fourth-order valence-corrected chi connectivity index (χ4v) is 0.881. The topological polar surface area (TPSA) is 0 Å². The van der Waals surface area contributed by atoms with Crippen LogP contribution in [-0.2, 0) is 0 Å². The largest absolute Gasteiger partial charge is 0.412 e. The molecule has 0 atom stereocenters. The van der Waals surface area contributed by atoms with Crippen molar-refractivity contribution in [1.82, 2.24) is 0 Å². The maximum atomic E-state index is 12.1. The summed E-state index contributed by atoms with van der Waals surface area (Å²) in [5, 5.41) is 0. The molecule has 0 saturated heterocycles. The fraction of sp³-hybridized carbons (Fsp3) is 0.200. The lowest BCUT2D eigenvalue weighted by Crippen LogP contribution is -2.08. The van der Waals surface area contributed by atoms with Crippen molar-refractivity contribution in [3.63, 3.8) is 0 Å². The van der Waals surface area contributed by atoms with E-state index in [1.165, 1.54) is 0 Å². The van der Waals surface area contributed by atoms with Crippen LogP contribution >= 0.6 is 0 Å². The number of allylic oxidation sites excluding steroid dienone is 1. The Labute approximate surface area is 74.7 Å². The van der Waals surface area contributed by atoms with E-state index in [1.54, 1.807) is 30.3 Å². The van der Waals surface area contributed by atoms with Gasteiger partial charge in [0.2, 0.25) is 0 Å². The van der Waals surface area contributed by atoms with Crippen molar-refractivity contribution in [1.29, 1.82) is 0 Å². The molecular weight excluding hydrogens is 177 g/mol. The van der Waals surface area contributed by atoms with Crippen LogP contribution in [0.1, 0.15) is 12.5 Å². The van der Waals surface area contributed by atoms with E-state index in [2.05, 4.69) is 0 Å². The maximum absolute atomic E-state index is 12.1. The zero-order chi connectivity index (χ0) is 9.90. The summed E-state index contributed by atoms with van der Waals surface area (Å²) in [4.78, 5) is 0. The van der Waals surface area contributed by atoms with Crippen molar-refractivity contribution in [3.8, 4) is 0 Å². The number of rotatable bonds is 1. The van der Waals surface area contributed by atoms with E-state index in [4.69, 9.17) is 0 Å². The molecule has 0 aromatic heterocycles. The van der Waals surface area contributed by atoms with E-state index in [0.29, 0.717) is 5.56 Å². The lowest BCUT2D eigenvalue weighted by atomic mass is 10.1. The Morgan fingerprint density at radius 2 is 1.69 bits per heavy atom. The molecule has 70 valence electrons. The van der Waals surface area contributed by atoms with E-state index in [0.717, 1.165) is 13.0 Å². The molecule has 0 aliphatic heterocycles. The van der Waals surface area contributed by atoms with E-state index in [-0.39, 0.29) is 0 Å². The fourth-order valence-electron chi connectivity index (χ4n) is 0.881. The van der Waals surface area contributed by atoms with Crippen LogP contribution in [0.25, 0.3) is 6.08 Å². The van der Waals surface area contributed by atoms with Gasteiger partial charge in [-0.2, -0.15) is 13.2 Å². The van der Waals surface area contributed by atoms with Gasteiger partial charge in [-0.1, -0.05) is 30.3 Å². The molecule has 0 bridgehead atoms. The molecule has 0 spiro atoms. The van der Waals surface area contributed by atoms with Gasteiger partial charge in [0.25, 0.3) is 0 Å². The third kappa shape index (κ3) is 2.93. The summed E-state index contributed by atoms with van der Waals surface area (Å²) >= 11 is 0. The highest BCUT2D eigenvalue weighted by Gasteiger charge is 2.29. The summed E-state index contributed by atoms with van der Waals surface area (Å²) in [6.45, 7) is 1.06. The molecule has 0 N–H and O–H groups in total. The maximum Gasteiger partial charge on any atom is 0.412 e. The van der Waals surface area contributed by atoms with Crippen LogP contribution in [0.15, 0.2) is 35.9 Å². The minimum absolute atomic E-state index is 0.567. The smallest absolute Gasteiger partial charge is 0.166 e. The monoisotopic (exact) mass is 186 g/mol. The summed E-state index contributed by atoms with van der Waals surface area (Å²) in [5.41, 5.74) is -0.0176. The standard InChI is InChI=1S/C10H9F3/c1-8(10(11,12)13)7-9-5-3-2-4-6-9/h2-7H,1H3/b8-7+. The molecule has 13 heavy (non-hydrogen) atoms. The second-order valence-corrected chi connectivity index (χ2v) is 2.74. The van der Waals surface area contributed by atoms with Crippen LogP contribution in [0.4, 0.5) is 13.2 Å². The van der Waals surface area contributed by atoms with Gasteiger partial charge in [-0.05, 0) is 18.6 Å². The van der Waals surface area contributed by atoms with Gasteiger partial charge in [0, 0.05) is 5.57 Å². The van der Waals surface area contributed by atoms with Crippen molar-refractivity contribution < 1.29 is 13.2 Å². The molecule has 1 aromatic rings. The first-order chi connectivity index (χ1) is 6.00. The van der Waals surface area contributed by atoms with Gasteiger partial charge < -0.3 is 0 Å². The lowest BCUT2D eigenvalue weighted by molar-refractivity contribution is -0.0903. The quantitative estimate of drug-likeness (QED) is 0.628. The first kappa shape index (κ1) is 9.84. The Morgan fingerprint density at radius 3 is 2.15 bits per heavy atom. The highest BCUT2D eigenvalue weighted by molar-refractivity contribution is 5.53. The third-order valence-electron chi connectivity index (χ3n) is 1.63. The number of alkyl halides is 3. The Bertz CT molecular complexity index is 296. The van der Waals surface area contributed by atoms with E-state index in [9.17, 15) is 13.2 Å². The molecule has 0 aliphatic rings. The third-order valence-corrected chi connectivity index (χ3v) is 1.63. The normalized spacial score (nSPS) is 13.1. The number of halogens is 3. The average molecular weight is 186 g/mol. The molecule has 1 aromatic carbocycles. The van der Waals surface area contributed by atoms with Gasteiger partial charge in [-0.3, -0.25) is 0 Å². The van der Waals surface area contributed by atoms with Crippen molar-refractivity contribution >= 4 is 6.08 Å². The first-order valence-electron chi connectivity index (χ1n) is 3.80. The van der Waals surface area contributed by atoms with Gasteiger partial charge in [0.15, 0.2) is 0 Å². The molecule has 0 radical (unpaired) electrons. The highest BCUT2D eigenvalue weighted by Crippen LogP contribution is 2.26. The molecule has 0 nitrogen and oxygen atoms in total. The van der Waals surface area contributed by atoms with Gasteiger partial charge in [0.05, 0.1) is 0 Å². The molecule has 0 aliphatic carbocycles.